The Morgan fingerprint density at radius 1 is 1.11 bits per heavy atom. The first-order valence-electron chi connectivity index (χ1n) is 8.31. The van der Waals surface area contributed by atoms with Crippen molar-refractivity contribution in [2.45, 2.75) is 20.0 Å². The van der Waals surface area contributed by atoms with Crippen LogP contribution in [0.1, 0.15) is 35.3 Å². The van der Waals surface area contributed by atoms with Gasteiger partial charge in [-0.1, -0.05) is 0 Å². The van der Waals surface area contributed by atoms with Crippen LogP contribution in [0.4, 0.5) is 23.2 Å². The molecule has 0 unspecified atom stereocenters. The minimum Gasteiger partial charge on any atom is -0.372 e. The molecule has 0 atom stereocenters. The summed E-state index contributed by atoms with van der Waals surface area (Å²) in [4.78, 5) is 14.2. The van der Waals surface area contributed by atoms with Crippen LogP contribution in [0.2, 0.25) is 0 Å². The van der Waals surface area contributed by atoms with Crippen LogP contribution in [-0.2, 0) is 6.18 Å². The Morgan fingerprint density at radius 3 is 2.26 bits per heavy atom. The molecule has 0 aromatic heterocycles. The number of hydrazone groups is 1. The average Bonchev–Trinajstić information content (AvgIpc) is 2.63. The van der Waals surface area contributed by atoms with Gasteiger partial charge >= 0.3 is 6.18 Å². The Bertz CT molecular complexity index is 813. The van der Waals surface area contributed by atoms with Crippen molar-refractivity contribution in [2.75, 3.05) is 18.0 Å². The summed E-state index contributed by atoms with van der Waals surface area (Å²) in [6.07, 6.45) is -3.67. The van der Waals surface area contributed by atoms with Crippen molar-refractivity contribution in [3.8, 4) is 0 Å². The highest BCUT2D eigenvalue weighted by molar-refractivity contribution is 5.95. The summed E-state index contributed by atoms with van der Waals surface area (Å²) >= 11 is 0. The number of carbonyl (C=O) groups is 1. The molecule has 0 aliphatic carbocycles. The number of nitrogens with one attached hydrogen (secondary N) is 1. The van der Waals surface area contributed by atoms with Crippen LogP contribution < -0.4 is 10.3 Å². The third kappa shape index (κ3) is 5.29. The molecule has 0 fully saturated rings. The van der Waals surface area contributed by atoms with Crippen molar-refractivity contribution >= 4 is 17.8 Å². The molecule has 4 nitrogen and oxygen atoms in total. The zero-order valence-electron chi connectivity index (χ0n) is 14.8. The smallest absolute Gasteiger partial charge is 0.372 e. The minimum atomic E-state index is -4.62. The predicted octanol–water partition coefficient (Wildman–Crippen LogP) is 4.45. The molecule has 0 aliphatic heterocycles. The van der Waals surface area contributed by atoms with Crippen LogP contribution in [-0.4, -0.2) is 25.2 Å². The zero-order chi connectivity index (χ0) is 20.0. The molecule has 0 saturated carbocycles. The van der Waals surface area contributed by atoms with Crippen LogP contribution in [0.15, 0.2) is 47.6 Å². The number of carbonyl (C=O) groups excluding carboxylic acids is 1. The standard InChI is InChI=1S/C19H19F4N3O/c1-3-26(4-2)16-9-6-13(7-10-16)18(27)25-24-12-14-5-8-15(11-17(14)20)19(21,22)23/h5-12H,3-4H2,1-2H3,(H,25,27)/b24-12+. The van der Waals surface area contributed by atoms with E-state index in [9.17, 15) is 22.4 Å². The number of halogens is 4. The van der Waals surface area contributed by atoms with E-state index in [-0.39, 0.29) is 5.56 Å². The molecule has 0 heterocycles. The number of benzene rings is 2. The number of hydrogen-bond donors (Lipinski definition) is 1. The molecule has 1 amide bonds. The van der Waals surface area contributed by atoms with E-state index >= 15 is 0 Å². The van der Waals surface area contributed by atoms with E-state index in [1.165, 1.54) is 0 Å². The second-order valence-corrected chi connectivity index (χ2v) is 5.65. The normalized spacial score (nSPS) is 11.6. The van der Waals surface area contributed by atoms with Crippen LogP contribution in [0.3, 0.4) is 0 Å². The Kier molecular flexibility index (Phi) is 6.55. The van der Waals surface area contributed by atoms with E-state index < -0.39 is 23.5 Å². The average molecular weight is 381 g/mol. The highest BCUT2D eigenvalue weighted by Gasteiger charge is 2.31. The van der Waals surface area contributed by atoms with Gasteiger partial charge < -0.3 is 4.90 Å². The molecular formula is C19H19F4N3O. The van der Waals surface area contributed by atoms with Crippen LogP contribution in [0.25, 0.3) is 0 Å². The molecule has 0 aliphatic rings. The lowest BCUT2D eigenvalue weighted by Gasteiger charge is -2.20. The van der Waals surface area contributed by atoms with Gasteiger partial charge in [0.05, 0.1) is 11.8 Å². The summed E-state index contributed by atoms with van der Waals surface area (Å²) < 4.78 is 51.2. The first-order chi connectivity index (χ1) is 12.8. The molecule has 0 bridgehead atoms. The Labute approximate surface area is 154 Å². The predicted molar refractivity (Wildman–Crippen MR) is 96.5 cm³/mol. The fourth-order valence-corrected chi connectivity index (χ4v) is 2.45. The summed E-state index contributed by atoms with van der Waals surface area (Å²) in [6, 6.07) is 8.97. The van der Waals surface area contributed by atoms with E-state index in [4.69, 9.17) is 0 Å². The lowest BCUT2D eigenvalue weighted by atomic mass is 10.1. The maximum absolute atomic E-state index is 13.7. The molecule has 27 heavy (non-hydrogen) atoms. The number of rotatable bonds is 6. The fourth-order valence-electron chi connectivity index (χ4n) is 2.45. The third-order valence-corrected chi connectivity index (χ3v) is 3.96. The van der Waals surface area contributed by atoms with Crippen LogP contribution in [0, 0.1) is 5.82 Å². The molecule has 8 heteroatoms. The van der Waals surface area contributed by atoms with Crippen molar-refractivity contribution in [3.05, 3.63) is 65.0 Å². The van der Waals surface area contributed by atoms with Gasteiger partial charge in [-0.05, 0) is 56.3 Å². The highest BCUT2D eigenvalue weighted by Crippen LogP contribution is 2.29. The van der Waals surface area contributed by atoms with Gasteiger partial charge in [-0.3, -0.25) is 4.79 Å². The molecule has 1 N–H and O–H groups in total. The number of hydrogen-bond acceptors (Lipinski definition) is 3. The second kappa shape index (κ2) is 8.66. The largest absolute Gasteiger partial charge is 0.416 e. The molecule has 0 spiro atoms. The molecule has 0 radical (unpaired) electrons. The van der Waals surface area contributed by atoms with E-state index in [1.54, 1.807) is 24.3 Å². The van der Waals surface area contributed by atoms with Gasteiger partial charge in [0.2, 0.25) is 0 Å². The first kappa shape index (κ1) is 20.4. The topological polar surface area (TPSA) is 44.7 Å². The SMILES string of the molecule is CCN(CC)c1ccc(C(=O)N/N=C/c2ccc(C(F)(F)F)cc2F)cc1. The number of nitrogens with zero attached hydrogens (tertiary/aromatic N) is 2. The Balaban J connectivity index is 2.03. The van der Waals surface area contributed by atoms with E-state index in [0.29, 0.717) is 11.6 Å². The summed E-state index contributed by atoms with van der Waals surface area (Å²) in [5, 5.41) is 3.60. The molecule has 2 aromatic carbocycles. The third-order valence-electron chi connectivity index (χ3n) is 3.96. The number of anilines is 1. The maximum atomic E-state index is 13.7. The van der Waals surface area contributed by atoms with Crippen molar-refractivity contribution in [1.29, 1.82) is 0 Å². The van der Waals surface area contributed by atoms with Gasteiger partial charge in [0.25, 0.3) is 5.91 Å². The number of alkyl halides is 3. The summed E-state index contributed by atoms with van der Waals surface area (Å²) in [6.45, 7) is 5.73. The summed E-state index contributed by atoms with van der Waals surface area (Å²) in [7, 11) is 0. The fraction of sp³-hybridized carbons (Fsp3) is 0.263. The summed E-state index contributed by atoms with van der Waals surface area (Å²) in [5.74, 6) is -1.59. The van der Waals surface area contributed by atoms with Crippen molar-refractivity contribution in [2.24, 2.45) is 5.10 Å². The van der Waals surface area contributed by atoms with Gasteiger partial charge in [-0.2, -0.15) is 18.3 Å². The first-order valence-corrected chi connectivity index (χ1v) is 8.31. The zero-order valence-corrected chi connectivity index (χ0v) is 14.8. The summed E-state index contributed by atoms with van der Waals surface area (Å²) in [5.41, 5.74) is 2.31. The maximum Gasteiger partial charge on any atom is 0.416 e. The van der Waals surface area contributed by atoms with Gasteiger partial charge in [-0.25, -0.2) is 9.82 Å². The minimum absolute atomic E-state index is 0.166. The lowest BCUT2D eigenvalue weighted by Crippen LogP contribution is -2.22. The van der Waals surface area contributed by atoms with Gasteiger partial charge in [0, 0.05) is 29.9 Å². The molecular weight excluding hydrogens is 362 g/mol. The van der Waals surface area contributed by atoms with Crippen molar-refractivity contribution < 1.29 is 22.4 Å². The van der Waals surface area contributed by atoms with E-state index in [0.717, 1.165) is 37.1 Å². The molecule has 2 rings (SSSR count). The second-order valence-electron chi connectivity index (χ2n) is 5.65. The Hall–Kier alpha value is -2.90. The van der Waals surface area contributed by atoms with E-state index in [1.807, 2.05) is 13.8 Å². The van der Waals surface area contributed by atoms with Gasteiger partial charge in [0.1, 0.15) is 5.82 Å². The quantitative estimate of drug-likeness (QED) is 0.456. The van der Waals surface area contributed by atoms with Crippen molar-refractivity contribution in [3.63, 3.8) is 0 Å². The van der Waals surface area contributed by atoms with Gasteiger partial charge in [0.15, 0.2) is 0 Å². The van der Waals surface area contributed by atoms with Crippen molar-refractivity contribution in [1.82, 2.24) is 5.43 Å². The van der Waals surface area contributed by atoms with E-state index in [2.05, 4.69) is 15.4 Å². The Morgan fingerprint density at radius 2 is 1.74 bits per heavy atom. The molecule has 0 saturated heterocycles. The van der Waals surface area contributed by atoms with Crippen LogP contribution in [0.5, 0.6) is 0 Å². The van der Waals surface area contributed by atoms with Crippen LogP contribution >= 0.6 is 0 Å². The monoisotopic (exact) mass is 381 g/mol. The highest BCUT2D eigenvalue weighted by atomic mass is 19.4. The lowest BCUT2D eigenvalue weighted by molar-refractivity contribution is -0.137. The molecule has 144 valence electrons. The number of amides is 1. The van der Waals surface area contributed by atoms with Gasteiger partial charge in [-0.15, -0.1) is 0 Å². The molecule has 2 aromatic rings.